The van der Waals surface area contributed by atoms with Crippen molar-refractivity contribution in [2.75, 3.05) is 13.2 Å². The Morgan fingerprint density at radius 3 is 2.67 bits per heavy atom. The first-order valence-electron chi connectivity index (χ1n) is 7.34. The van der Waals surface area contributed by atoms with E-state index in [-0.39, 0.29) is 12.5 Å². The maximum atomic E-state index is 12.2. The summed E-state index contributed by atoms with van der Waals surface area (Å²) in [6.07, 6.45) is 4.21. The molecule has 0 spiro atoms. The molecule has 114 valence electrons. The van der Waals surface area contributed by atoms with Crippen LogP contribution in [0.1, 0.15) is 43.0 Å². The average molecular weight is 401 g/mol. The molecule has 0 saturated carbocycles. The number of carbonyl (C=O) groups is 2. The van der Waals surface area contributed by atoms with Crippen molar-refractivity contribution in [1.29, 1.82) is 0 Å². The lowest BCUT2D eigenvalue weighted by Gasteiger charge is -2.35. The highest BCUT2D eigenvalue weighted by Gasteiger charge is 2.25. The fourth-order valence-corrected chi connectivity index (χ4v) is 2.99. The fourth-order valence-electron chi connectivity index (χ4n) is 2.63. The van der Waals surface area contributed by atoms with E-state index < -0.39 is 5.97 Å². The van der Waals surface area contributed by atoms with Crippen LogP contribution in [0.2, 0.25) is 0 Å². The number of likely N-dealkylation sites (tertiary alicyclic amines) is 1. The number of benzene rings is 1. The molecule has 0 bridgehead atoms. The van der Waals surface area contributed by atoms with Crippen molar-refractivity contribution in [3.63, 3.8) is 0 Å². The predicted molar refractivity (Wildman–Crippen MR) is 89.1 cm³/mol. The molecule has 1 heterocycles. The van der Waals surface area contributed by atoms with Crippen LogP contribution in [0, 0.1) is 3.57 Å². The van der Waals surface area contributed by atoms with Crippen molar-refractivity contribution < 1.29 is 14.3 Å². The lowest BCUT2D eigenvalue weighted by atomic mass is 10.00. The Hall–Kier alpha value is -1.11. The first kappa shape index (κ1) is 16.3. The second-order valence-corrected chi connectivity index (χ2v) is 6.47. The van der Waals surface area contributed by atoms with Crippen molar-refractivity contribution in [1.82, 2.24) is 4.90 Å². The van der Waals surface area contributed by atoms with Crippen LogP contribution in [0.5, 0.6) is 0 Å². The minimum Gasteiger partial charge on any atom is -0.452 e. The molecule has 1 aliphatic heterocycles. The normalized spacial score (nSPS) is 18.4. The summed E-state index contributed by atoms with van der Waals surface area (Å²) in [5, 5.41) is 0. The minimum atomic E-state index is -0.440. The highest BCUT2D eigenvalue weighted by molar-refractivity contribution is 14.1. The lowest BCUT2D eigenvalue weighted by molar-refractivity contribution is -0.138. The molecular formula is C16H20INO3. The lowest BCUT2D eigenvalue weighted by Crippen LogP contribution is -2.45. The van der Waals surface area contributed by atoms with E-state index in [0.29, 0.717) is 11.6 Å². The van der Waals surface area contributed by atoms with Gasteiger partial charge in [-0.2, -0.15) is 0 Å². The number of rotatable bonds is 4. The van der Waals surface area contributed by atoms with Crippen molar-refractivity contribution in [3.8, 4) is 0 Å². The maximum absolute atomic E-state index is 12.2. The molecule has 1 atom stereocenters. The van der Waals surface area contributed by atoms with Gasteiger partial charge in [0.1, 0.15) is 0 Å². The van der Waals surface area contributed by atoms with Crippen LogP contribution in [0.15, 0.2) is 24.3 Å². The van der Waals surface area contributed by atoms with Gasteiger partial charge in [-0.15, -0.1) is 0 Å². The second kappa shape index (κ2) is 7.77. The minimum absolute atomic E-state index is 0.0830. The number of hydrogen-bond donors (Lipinski definition) is 0. The third-order valence-corrected chi connectivity index (χ3v) is 4.54. The highest BCUT2D eigenvalue weighted by atomic mass is 127. The summed E-state index contributed by atoms with van der Waals surface area (Å²) in [5.41, 5.74) is 0.480. The zero-order chi connectivity index (χ0) is 15.2. The van der Waals surface area contributed by atoms with Gasteiger partial charge in [0, 0.05) is 16.2 Å². The Balaban J connectivity index is 1.88. The van der Waals surface area contributed by atoms with Gasteiger partial charge in [0.25, 0.3) is 5.91 Å². The molecule has 1 aromatic carbocycles. The van der Waals surface area contributed by atoms with Gasteiger partial charge >= 0.3 is 5.97 Å². The van der Waals surface area contributed by atoms with E-state index >= 15 is 0 Å². The van der Waals surface area contributed by atoms with Gasteiger partial charge in [-0.1, -0.05) is 6.92 Å². The van der Waals surface area contributed by atoms with Crippen molar-refractivity contribution in [3.05, 3.63) is 33.4 Å². The van der Waals surface area contributed by atoms with Crippen LogP contribution in [-0.4, -0.2) is 36.0 Å². The molecule has 1 saturated heterocycles. The summed E-state index contributed by atoms with van der Waals surface area (Å²) < 4.78 is 6.20. The molecular weight excluding hydrogens is 381 g/mol. The maximum Gasteiger partial charge on any atom is 0.338 e. The van der Waals surface area contributed by atoms with Crippen molar-refractivity contribution in [2.45, 2.75) is 38.6 Å². The topological polar surface area (TPSA) is 46.6 Å². The van der Waals surface area contributed by atoms with Gasteiger partial charge in [0.05, 0.1) is 5.56 Å². The van der Waals surface area contributed by atoms with Gasteiger partial charge in [0.2, 0.25) is 0 Å². The first-order chi connectivity index (χ1) is 10.1. The van der Waals surface area contributed by atoms with E-state index in [1.54, 1.807) is 12.1 Å². The predicted octanol–water partition coefficient (Wildman–Crippen LogP) is 3.24. The molecule has 0 N–H and O–H groups in total. The number of carbonyl (C=O) groups excluding carboxylic acids is 2. The molecule has 2 rings (SSSR count). The molecule has 1 aliphatic rings. The Morgan fingerprint density at radius 2 is 2.00 bits per heavy atom. The Bertz CT molecular complexity index is 501. The highest BCUT2D eigenvalue weighted by Crippen LogP contribution is 2.19. The third-order valence-electron chi connectivity index (χ3n) is 3.83. The zero-order valence-electron chi connectivity index (χ0n) is 12.2. The molecule has 1 aromatic rings. The zero-order valence-corrected chi connectivity index (χ0v) is 14.3. The van der Waals surface area contributed by atoms with E-state index in [4.69, 9.17) is 4.74 Å². The number of ether oxygens (including phenoxy) is 1. The summed E-state index contributed by atoms with van der Waals surface area (Å²) in [5.74, 6) is -0.523. The number of halogens is 1. The van der Waals surface area contributed by atoms with Crippen LogP contribution in [0.3, 0.4) is 0 Å². The van der Waals surface area contributed by atoms with E-state index in [2.05, 4.69) is 29.5 Å². The number of hydrogen-bond acceptors (Lipinski definition) is 3. The van der Waals surface area contributed by atoms with Gasteiger partial charge < -0.3 is 9.64 Å². The quantitative estimate of drug-likeness (QED) is 0.575. The Labute approximate surface area is 139 Å². The largest absolute Gasteiger partial charge is 0.452 e. The SMILES string of the molecule is CC[C@@H]1CCCCN1C(=O)COC(=O)c1ccc(I)cc1. The summed E-state index contributed by atoms with van der Waals surface area (Å²) in [4.78, 5) is 26.0. The van der Waals surface area contributed by atoms with Gasteiger partial charge in [-0.25, -0.2) is 4.79 Å². The molecule has 0 aromatic heterocycles. The third kappa shape index (κ3) is 4.43. The molecule has 5 heteroatoms. The van der Waals surface area contributed by atoms with E-state index in [0.717, 1.165) is 29.4 Å². The van der Waals surface area contributed by atoms with Crippen LogP contribution in [0.25, 0.3) is 0 Å². The van der Waals surface area contributed by atoms with Crippen molar-refractivity contribution in [2.24, 2.45) is 0 Å². The first-order valence-corrected chi connectivity index (χ1v) is 8.42. The Morgan fingerprint density at radius 1 is 1.29 bits per heavy atom. The van der Waals surface area contributed by atoms with Gasteiger partial charge in [0.15, 0.2) is 6.61 Å². The molecule has 0 aliphatic carbocycles. The van der Waals surface area contributed by atoms with Crippen LogP contribution >= 0.6 is 22.6 Å². The summed E-state index contributed by atoms with van der Waals surface area (Å²) in [6.45, 7) is 2.70. The molecule has 4 nitrogen and oxygen atoms in total. The number of piperidine rings is 1. The summed E-state index contributed by atoms with van der Waals surface area (Å²) in [7, 11) is 0. The van der Waals surface area contributed by atoms with Gasteiger partial charge in [-0.3, -0.25) is 4.79 Å². The summed E-state index contributed by atoms with van der Waals surface area (Å²) >= 11 is 2.17. The van der Waals surface area contributed by atoms with E-state index in [9.17, 15) is 9.59 Å². The number of amides is 1. The second-order valence-electron chi connectivity index (χ2n) is 5.23. The smallest absolute Gasteiger partial charge is 0.338 e. The molecule has 1 fully saturated rings. The van der Waals surface area contributed by atoms with Crippen LogP contribution in [0.4, 0.5) is 0 Å². The van der Waals surface area contributed by atoms with E-state index in [1.165, 1.54) is 6.42 Å². The standard InChI is InChI=1S/C16H20INO3/c1-2-14-5-3-4-10-18(14)15(19)11-21-16(20)12-6-8-13(17)9-7-12/h6-9,14H,2-5,10-11H2,1H3/t14-/m1/s1. The molecule has 21 heavy (non-hydrogen) atoms. The van der Waals surface area contributed by atoms with E-state index in [1.807, 2.05) is 17.0 Å². The molecule has 0 radical (unpaired) electrons. The molecule has 0 unspecified atom stereocenters. The fraction of sp³-hybridized carbons (Fsp3) is 0.500. The molecule has 1 amide bonds. The van der Waals surface area contributed by atoms with Crippen LogP contribution < -0.4 is 0 Å². The average Bonchev–Trinajstić information content (AvgIpc) is 2.52. The summed E-state index contributed by atoms with van der Waals surface area (Å²) in [6, 6.07) is 7.41. The number of esters is 1. The Kier molecular flexibility index (Phi) is 6.02. The monoisotopic (exact) mass is 401 g/mol. The van der Waals surface area contributed by atoms with Crippen molar-refractivity contribution >= 4 is 34.5 Å². The number of nitrogens with zero attached hydrogens (tertiary/aromatic N) is 1. The van der Waals surface area contributed by atoms with Gasteiger partial charge in [-0.05, 0) is 72.5 Å². The van der Waals surface area contributed by atoms with Crippen LogP contribution in [-0.2, 0) is 9.53 Å².